The van der Waals surface area contributed by atoms with Crippen molar-refractivity contribution in [2.75, 3.05) is 26.8 Å². The molecule has 2 unspecified atom stereocenters. The molecule has 17 heavy (non-hydrogen) atoms. The van der Waals surface area contributed by atoms with Gasteiger partial charge in [0.15, 0.2) is 0 Å². The topological polar surface area (TPSA) is 55.6 Å². The molecule has 0 saturated heterocycles. The zero-order valence-corrected chi connectivity index (χ0v) is 11.7. The summed E-state index contributed by atoms with van der Waals surface area (Å²) in [5.41, 5.74) is 5.56. The smallest absolute Gasteiger partial charge is 0.222 e. The second kappa shape index (κ2) is 9.42. The van der Waals surface area contributed by atoms with Crippen LogP contribution in [0.2, 0.25) is 0 Å². The second-order valence-electron chi connectivity index (χ2n) is 4.72. The first-order valence-electron chi connectivity index (χ1n) is 6.55. The molecule has 0 aromatic heterocycles. The zero-order chi connectivity index (χ0) is 13.3. The van der Waals surface area contributed by atoms with Crippen LogP contribution < -0.4 is 5.73 Å². The third-order valence-corrected chi connectivity index (χ3v) is 3.23. The van der Waals surface area contributed by atoms with Gasteiger partial charge >= 0.3 is 0 Å². The normalized spacial score (nSPS) is 14.4. The first-order chi connectivity index (χ1) is 8.06. The monoisotopic (exact) mass is 244 g/mol. The molecular formula is C13H28N2O2. The van der Waals surface area contributed by atoms with Gasteiger partial charge in [-0.15, -0.1) is 0 Å². The van der Waals surface area contributed by atoms with Crippen LogP contribution in [0.3, 0.4) is 0 Å². The average molecular weight is 244 g/mol. The van der Waals surface area contributed by atoms with Gasteiger partial charge in [-0.2, -0.15) is 0 Å². The predicted molar refractivity (Wildman–Crippen MR) is 70.8 cm³/mol. The summed E-state index contributed by atoms with van der Waals surface area (Å²) in [6.07, 6.45) is 2.43. The van der Waals surface area contributed by atoms with Crippen LogP contribution in [0.5, 0.6) is 0 Å². The minimum Gasteiger partial charge on any atom is -0.383 e. The van der Waals surface area contributed by atoms with Crippen LogP contribution in [-0.2, 0) is 9.53 Å². The van der Waals surface area contributed by atoms with Crippen molar-refractivity contribution in [3.8, 4) is 0 Å². The standard InChI is InChI=1S/C13H28N2O2/c1-5-12(3)15(8-9-17-4)13(16)7-6-11(2)10-14/h11-12H,5-10,14H2,1-4H3. The van der Waals surface area contributed by atoms with Crippen molar-refractivity contribution in [2.24, 2.45) is 11.7 Å². The summed E-state index contributed by atoms with van der Waals surface area (Å²) >= 11 is 0. The number of methoxy groups -OCH3 is 1. The van der Waals surface area contributed by atoms with Crippen molar-refractivity contribution in [3.63, 3.8) is 0 Å². The molecule has 0 heterocycles. The Kier molecular flexibility index (Phi) is 9.09. The quantitative estimate of drug-likeness (QED) is 0.671. The van der Waals surface area contributed by atoms with Crippen LogP contribution in [0, 0.1) is 5.92 Å². The van der Waals surface area contributed by atoms with E-state index in [1.54, 1.807) is 7.11 Å². The summed E-state index contributed by atoms with van der Waals surface area (Å²) in [5.74, 6) is 0.636. The maximum atomic E-state index is 12.1. The first-order valence-corrected chi connectivity index (χ1v) is 6.55. The third-order valence-electron chi connectivity index (χ3n) is 3.23. The molecule has 2 atom stereocenters. The van der Waals surface area contributed by atoms with E-state index < -0.39 is 0 Å². The van der Waals surface area contributed by atoms with E-state index in [4.69, 9.17) is 10.5 Å². The molecule has 0 saturated carbocycles. The fourth-order valence-electron chi connectivity index (χ4n) is 1.63. The van der Waals surface area contributed by atoms with Gasteiger partial charge in [0.2, 0.25) is 5.91 Å². The number of hydrogen-bond acceptors (Lipinski definition) is 3. The number of nitrogens with two attached hydrogens (primary N) is 1. The van der Waals surface area contributed by atoms with Gasteiger partial charge in [0.1, 0.15) is 0 Å². The highest BCUT2D eigenvalue weighted by molar-refractivity contribution is 5.76. The van der Waals surface area contributed by atoms with Crippen LogP contribution in [0.15, 0.2) is 0 Å². The molecule has 4 nitrogen and oxygen atoms in total. The summed E-state index contributed by atoms with van der Waals surface area (Å²) in [6.45, 7) is 8.19. The fourth-order valence-corrected chi connectivity index (χ4v) is 1.63. The van der Waals surface area contributed by atoms with Crippen molar-refractivity contribution < 1.29 is 9.53 Å². The minimum absolute atomic E-state index is 0.219. The number of amides is 1. The lowest BCUT2D eigenvalue weighted by Gasteiger charge is -2.28. The van der Waals surface area contributed by atoms with Crippen molar-refractivity contribution in [3.05, 3.63) is 0 Å². The molecular weight excluding hydrogens is 216 g/mol. The number of rotatable bonds is 9. The van der Waals surface area contributed by atoms with E-state index >= 15 is 0 Å². The molecule has 0 fully saturated rings. The number of carbonyl (C=O) groups is 1. The van der Waals surface area contributed by atoms with Gasteiger partial charge in [-0.05, 0) is 32.2 Å². The Bertz CT molecular complexity index is 210. The van der Waals surface area contributed by atoms with E-state index in [0.717, 1.165) is 12.8 Å². The molecule has 102 valence electrons. The molecule has 0 bridgehead atoms. The third kappa shape index (κ3) is 6.64. The Labute approximate surface area is 105 Å². The van der Waals surface area contributed by atoms with E-state index in [0.29, 0.717) is 32.0 Å². The summed E-state index contributed by atoms with van der Waals surface area (Å²) in [7, 11) is 1.66. The molecule has 4 heteroatoms. The second-order valence-corrected chi connectivity index (χ2v) is 4.72. The average Bonchev–Trinajstić information content (AvgIpc) is 2.35. The van der Waals surface area contributed by atoms with Crippen molar-refractivity contribution in [1.29, 1.82) is 0 Å². The summed E-state index contributed by atoms with van der Waals surface area (Å²) in [5, 5.41) is 0. The largest absolute Gasteiger partial charge is 0.383 e. The Morgan fingerprint density at radius 3 is 2.53 bits per heavy atom. The molecule has 0 rings (SSSR count). The van der Waals surface area contributed by atoms with E-state index in [9.17, 15) is 4.79 Å². The fraction of sp³-hybridized carbons (Fsp3) is 0.923. The van der Waals surface area contributed by atoms with Gasteiger partial charge in [0.05, 0.1) is 6.61 Å². The highest BCUT2D eigenvalue weighted by Crippen LogP contribution is 2.10. The van der Waals surface area contributed by atoms with Crippen molar-refractivity contribution in [2.45, 2.75) is 46.1 Å². The van der Waals surface area contributed by atoms with Gasteiger partial charge in [-0.3, -0.25) is 4.79 Å². The highest BCUT2D eigenvalue weighted by atomic mass is 16.5. The Morgan fingerprint density at radius 2 is 2.06 bits per heavy atom. The summed E-state index contributed by atoms with van der Waals surface area (Å²) in [6, 6.07) is 0.283. The zero-order valence-electron chi connectivity index (χ0n) is 11.7. The Balaban J connectivity index is 4.21. The van der Waals surface area contributed by atoms with E-state index in [1.165, 1.54) is 0 Å². The van der Waals surface area contributed by atoms with E-state index in [2.05, 4.69) is 20.8 Å². The molecule has 1 amide bonds. The lowest BCUT2D eigenvalue weighted by Crippen LogP contribution is -2.40. The number of carbonyl (C=O) groups excluding carboxylic acids is 1. The SMILES string of the molecule is CCC(C)N(CCOC)C(=O)CCC(C)CN. The minimum atomic E-state index is 0.219. The number of hydrogen-bond donors (Lipinski definition) is 1. The molecule has 0 radical (unpaired) electrons. The van der Waals surface area contributed by atoms with Crippen LogP contribution in [0.25, 0.3) is 0 Å². The first kappa shape index (κ1) is 16.4. The molecule has 0 spiro atoms. The van der Waals surface area contributed by atoms with Crippen LogP contribution in [0.1, 0.15) is 40.0 Å². The predicted octanol–water partition coefficient (Wildman–Crippen LogP) is 1.63. The summed E-state index contributed by atoms with van der Waals surface area (Å²) < 4.78 is 5.05. The van der Waals surface area contributed by atoms with Gasteiger partial charge in [0.25, 0.3) is 0 Å². The molecule has 0 aromatic rings. The molecule has 0 aliphatic heterocycles. The van der Waals surface area contributed by atoms with E-state index in [1.807, 2.05) is 4.90 Å². The molecule has 2 N–H and O–H groups in total. The van der Waals surface area contributed by atoms with Gasteiger partial charge < -0.3 is 15.4 Å². The molecule has 0 aromatic carbocycles. The number of ether oxygens (including phenoxy) is 1. The van der Waals surface area contributed by atoms with Crippen LogP contribution in [-0.4, -0.2) is 43.7 Å². The van der Waals surface area contributed by atoms with Crippen LogP contribution >= 0.6 is 0 Å². The molecule has 0 aliphatic rings. The maximum absolute atomic E-state index is 12.1. The Hall–Kier alpha value is -0.610. The van der Waals surface area contributed by atoms with Gasteiger partial charge in [-0.25, -0.2) is 0 Å². The Morgan fingerprint density at radius 1 is 1.41 bits per heavy atom. The lowest BCUT2D eigenvalue weighted by molar-refractivity contribution is -0.134. The van der Waals surface area contributed by atoms with Gasteiger partial charge in [-0.1, -0.05) is 13.8 Å². The van der Waals surface area contributed by atoms with Gasteiger partial charge in [0, 0.05) is 26.1 Å². The van der Waals surface area contributed by atoms with Crippen LogP contribution in [0.4, 0.5) is 0 Å². The number of nitrogens with zero attached hydrogens (tertiary/aromatic N) is 1. The highest BCUT2D eigenvalue weighted by Gasteiger charge is 2.18. The van der Waals surface area contributed by atoms with E-state index in [-0.39, 0.29) is 11.9 Å². The molecule has 0 aliphatic carbocycles. The van der Waals surface area contributed by atoms with Crippen molar-refractivity contribution >= 4 is 5.91 Å². The lowest BCUT2D eigenvalue weighted by atomic mass is 10.0. The summed E-state index contributed by atoms with van der Waals surface area (Å²) in [4.78, 5) is 14.0. The van der Waals surface area contributed by atoms with Crippen molar-refractivity contribution in [1.82, 2.24) is 4.90 Å². The maximum Gasteiger partial charge on any atom is 0.222 e.